The van der Waals surface area contributed by atoms with Crippen LogP contribution in [-0.2, 0) is 6.42 Å². The smallest absolute Gasteiger partial charge is 0.262 e. The van der Waals surface area contributed by atoms with Gasteiger partial charge in [-0.15, -0.1) is 0 Å². The second-order valence-electron chi connectivity index (χ2n) is 4.75. The van der Waals surface area contributed by atoms with Gasteiger partial charge < -0.3 is 15.4 Å². The molecule has 0 saturated carbocycles. The average Bonchev–Trinajstić information content (AvgIpc) is 2.97. The fourth-order valence-electron chi connectivity index (χ4n) is 2.07. The zero-order chi connectivity index (χ0) is 14.8. The molecule has 0 aliphatic carbocycles. The summed E-state index contributed by atoms with van der Waals surface area (Å²) in [4.78, 5) is 4.32. The normalized spacial score (nSPS) is 10.7. The van der Waals surface area contributed by atoms with Gasteiger partial charge in [0.15, 0.2) is 0 Å². The van der Waals surface area contributed by atoms with E-state index in [0.717, 1.165) is 12.0 Å². The summed E-state index contributed by atoms with van der Waals surface area (Å²) in [6.45, 7) is 2.10. The minimum Gasteiger partial charge on any atom is -0.507 e. The van der Waals surface area contributed by atoms with E-state index < -0.39 is 0 Å². The fourth-order valence-corrected chi connectivity index (χ4v) is 2.07. The summed E-state index contributed by atoms with van der Waals surface area (Å²) in [5.41, 5.74) is 8.67. The van der Waals surface area contributed by atoms with E-state index in [1.807, 2.05) is 24.3 Å². The van der Waals surface area contributed by atoms with E-state index in [2.05, 4.69) is 17.1 Å². The molecule has 0 saturated heterocycles. The van der Waals surface area contributed by atoms with E-state index in [1.165, 1.54) is 11.6 Å². The predicted octanol–water partition coefficient (Wildman–Crippen LogP) is 3.25. The Morgan fingerprint density at radius 3 is 2.57 bits per heavy atom. The molecule has 0 atom stereocenters. The third-order valence-corrected chi connectivity index (χ3v) is 3.30. The van der Waals surface area contributed by atoms with Gasteiger partial charge in [-0.25, -0.2) is 0 Å². The summed E-state index contributed by atoms with van der Waals surface area (Å²) in [5.74, 6) is 0.775. The molecule has 5 heteroatoms. The number of nitrogens with zero attached hydrogens (tertiary/aromatic N) is 2. The molecular weight excluding hydrogens is 266 g/mol. The van der Waals surface area contributed by atoms with Gasteiger partial charge in [-0.1, -0.05) is 36.3 Å². The minimum atomic E-state index is 0.0199. The molecule has 0 amide bonds. The molecule has 5 nitrogen and oxygen atoms in total. The number of rotatable bonds is 3. The molecule has 3 aromatic rings. The Bertz CT molecular complexity index is 763. The molecule has 0 spiro atoms. The molecule has 21 heavy (non-hydrogen) atoms. The van der Waals surface area contributed by atoms with Gasteiger partial charge in [0.25, 0.3) is 5.89 Å². The first-order chi connectivity index (χ1) is 10.2. The van der Waals surface area contributed by atoms with Crippen molar-refractivity contribution in [2.75, 3.05) is 5.73 Å². The first-order valence-electron chi connectivity index (χ1n) is 6.69. The van der Waals surface area contributed by atoms with E-state index in [-0.39, 0.29) is 11.6 Å². The van der Waals surface area contributed by atoms with Crippen LogP contribution in [0.25, 0.3) is 22.8 Å². The van der Waals surface area contributed by atoms with Crippen LogP contribution in [0.2, 0.25) is 0 Å². The van der Waals surface area contributed by atoms with Gasteiger partial charge in [-0.3, -0.25) is 0 Å². The van der Waals surface area contributed by atoms with Crippen molar-refractivity contribution in [1.29, 1.82) is 0 Å². The number of phenolic OH excluding ortho intramolecular Hbond substituents is 1. The molecule has 0 bridgehead atoms. The first-order valence-corrected chi connectivity index (χ1v) is 6.69. The Morgan fingerprint density at radius 1 is 1.14 bits per heavy atom. The summed E-state index contributed by atoms with van der Waals surface area (Å²) in [6, 6.07) is 12.8. The highest BCUT2D eigenvalue weighted by atomic mass is 16.5. The quantitative estimate of drug-likeness (QED) is 0.720. The van der Waals surface area contributed by atoms with Crippen molar-refractivity contribution in [2.24, 2.45) is 0 Å². The molecule has 0 unspecified atom stereocenters. The zero-order valence-electron chi connectivity index (χ0n) is 11.6. The van der Waals surface area contributed by atoms with E-state index in [4.69, 9.17) is 10.3 Å². The van der Waals surface area contributed by atoms with Gasteiger partial charge in [0.2, 0.25) is 5.82 Å². The van der Waals surface area contributed by atoms with Crippen LogP contribution in [0, 0.1) is 0 Å². The summed E-state index contributed by atoms with van der Waals surface area (Å²) >= 11 is 0. The first kappa shape index (κ1) is 13.2. The van der Waals surface area contributed by atoms with Crippen LogP contribution >= 0.6 is 0 Å². The van der Waals surface area contributed by atoms with Crippen LogP contribution in [0.1, 0.15) is 12.5 Å². The number of phenols is 1. The fraction of sp³-hybridized carbons (Fsp3) is 0.125. The molecule has 3 rings (SSSR count). The number of aromatic nitrogens is 2. The van der Waals surface area contributed by atoms with Crippen molar-refractivity contribution in [1.82, 2.24) is 10.1 Å². The van der Waals surface area contributed by atoms with Crippen LogP contribution in [-0.4, -0.2) is 15.2 Å². The molecule has 0 radical (unpaired) electrons. The van der Waals surface area contributed by atoms with Crippen molar-refractivity contribution in [3.8, 4) is 28.6 Å². The van der Waals surface area contributed by atoms with Crippen molar-refractivity contribution in [3.05, 3.63) is 48.0 Å². The topological polar surface area (TPSA) is 85.2 Å². The van der Waals surface area contributed by atoms with E-state index >= 15 is 0 Å². The molecule has 1 aromatic heterocycles. The molecule has 0 fully saturated rings. The third kappa shape index (κ3) is 2.58. The largest absolute Gasteiger partial charge is 0.507 e. The number of aryl methyl sites for hydroxylation is 1. The van der Waals surface area contributed by atoms with Gasteiger partial charge in [0.05, 0.1) is 5.56 Å². The predicted molar refractivity (Wildman–Crippen MR) is 80.6 cm³/mol. The lowest BCUT2D eigenvalue weighted by Crippen LogP contribution is -1.86. The Balaban J connectivity index is 1.95. The average molecular weight is 281 g/mol. The summed E-state index contributed by atoms with van der Waals surface area (Å²) < 4.78 is 5.22. The van der Waals surface area contributed by atoms with Crippen molar-refractivity contribution >= 4 is 5.69 Å². The Morgan fingerprint density at radius 2 is 1.90 bits per heavy atom. The molecule has 1 heterocycles. The molecule has 0 aliphatic rings. The van der Waals surface area contributed by atoms with Gasteiger partial charge in [0.1, 0.15) is 5.75 Å². The summed E-state index contributed by atoms with van der Waals surface area (Å²) in [6.07, 6.45) is 0.983. The van der Waals surface area contributed by atoms with Gasteiger partial charge >= 0.3 is 0 Å². The van der Waals surface area contributed by atoms with Crippen molar-refractivity contribution < 1.29 is 9.63 Å². The van der Waals surface area contributed by atoms with Crippen molar-refractivity contribution in [3.63, 3.8) is 0 Å². The maximum Gasteiger partial charge on any atom is 0.262 e. The highest BCUT2D eigenvalue weighted by molar-refractivity contribution is 5.67. The minimum absolute atomic E-state index is 0.0199. The Kier molecular flexibility index (Phi) is 3.31. The van der Waals surface area contributed by atoms with E-state index in [9.17, 15) is 5.11 Å². The van der Waals surface area contributed by atoms with Crippen LogP contribution in [0.4, 0.5) is 5.69 Å². The number of nitrogen functional groups attached to an aromatic ring is 1. The highest BCUT2D eigenvalue weighted by Gasteiger charge is 2.14. The van der Waals surface area contributed by atoms with Crippen LogP contribution in [0.3, 0.4) is 0 Å². The number of anilines is 1. The Hall–Kier alpha value is -2.82. The zero-order valence-corrected chi connectivity index (χ0v) is 11.6. The maximum absolute atomic E-state index is 9.89. The Labute approximate surface area is 122 Å². The molecular formula is C16H15N3O2. The maximum atomic E-state index is 9.89. The highest BCUT2D eigenvalue weighted by Crippen LogP contribution is 2.30. The van der Waals surface area contributed by atoms with Crippen LogP contribution < -0.4 is 5.73 Å². The monoisotopic (exact) mass is 281 g/mol. The van der Waals surface area contributed by atoms with Crippen LogP contribution in [0.5, 0.6) is 5.75 Å². The van der Waals surface area contributed by atoms with Crippen molar-refractivity contribution in [2.45, 2.75) is 13.3 Å². The standard InChI is InChI=1S/C16H15N3O2/c1-2-10-3-5-11(6-4-10)15-18-16(21-19-15)13-8-7-12(17)9-14(13)20/h3-9,20H,2,17H2,1H3. The lowest BCUT2D eigenvalue weighted by molar-refractivity contribution is 0.426. The summed E-state index contributed by atoms with van der Waals surface area (Å²) in [7, 11) is 0. The number of nitrogens with two attached hydrogens (primary N) is 1. The SMILES string of the molecule is CCc1ccc(-c2noc(-c3ccc(N)cc3O)n2)cc1. The third-order valence-electron chi connectivity index (χ3n) is 3.30. The lowest BCUT2D eigenvalue weighted by atomic mass is 10.1. The molecule has 0 aliphatic heterocycles. The number of aromatic hydroxyl groups is 1. The molecule has 2 aromatic carbocycles. The van der Waals surface area contributed by atoms with Gasteiger partial charge in [-0.2, -0.15) is 4.98 Å². The molecule has 3 N–H and O–H groups in total. The van der Waals surface area contributed by atoms with Crippen LogP contribution in [0.15, 0.2) is 47.0 Å². The number of benzene rings is 2. The van der Waals surface area contributed by atoms with Gasteiger partial charge in [0, 0.05) is 17.3 Å². The van der Waals surface area contributed by atoms with E-state index in [0.29, 0.717) is 17.1 Å². The number of hydrogen-bond acceptors (Lipinski definition) is 5. The second kappa shape index (κ2) is 5.28. The second-order valence-corrected chi connectivity index (χ2v) is 4.75. The summed E-state index contributed by atoms with van der Waals surface area (Å²) in [5, 5.41) is 13.8. The lowest BCUT2D eigenvalue weighted by Gasteiger charge is -2.00. The van der Waals surface area contributed by atoms with Gasteiger partial charge in [-0.05, 0) is 24.1 Å². The number of hydrogen-bond donors (Lipinski definition) is 2. The molecule has 106 valence electrons. The van der Waals surface area contributed by atoms with E-state index in [1.54, 1.807) is 12.1 Å².